The maximum atomic E-state index is 12.6. The number of anilines is 2. The number of ether oxygens (including phenoxy) is 1. The first-order valence-electron chi connectivity index (χ1n) is 9.16. The maximum Gasteiger partial charge on any atom is 0.338 e. The minimum absolute atomic E-state index is 0.244. The zero-order valence-corrected chi connectivity index (χ0v) is 18.1. The predicted molar refractivity (Wildman–Crippen MR) is 114 cm³/mol. The quantitative estimate of drug-likeness (QED) is 0.697. The molecule has 1 N–H and O–H groups in total. The van der Waals surface area contributed by atoms with Gasteiger partial charge in [-0.05, 0) is 57.0 Å². The third kappa shape index (κ3) is 5.57. The molecule has 1 amide bonds. The van der Waals surface area contributed by atoms with Gasteiger partial charge in [0.2, 0.25) is 15.9 Å². The fraction of sp³-hybridized carbons (Fsp3) is 0.333. The van der Waals surface area contributed by atoms with Crippen molar-refractivity contribution in [2.75, 3.05) is 29.0 Å². The van der Waals surface area contributed by atoms with Crippen molar-refractivity contribution in [1.82, 2.24) is 0 Å². The Labute approximate surface area is 171 Å². The summed E-state index contributed by atoms with van der Waals surface area (Å²) in [5.74, 6) is -0.992. The summed E-state index contributed by atoms with van der Waals surface area (Å²) in [6, 6.07) is 10.2. The van der Waals surface area contributed by atoms with Crippen molar-refractivity contribution in [3.8, 4) is 0 Å². The number of carbonyl (C=O) groups excluding carboxylic acids is 2. The lowest BCUT2D eigenvalue weighted by molar-refractivity contribution is -0.114. The van der Waals surface area contributed by atoms with Gasteiger partial charge in [0, 0.05) is 5.69 Å². The number of nitrogens with one attached hydrogen (secondary N) is 1. The summed E-state index contributed by atoms with van der Waals surface area (Å²) >= 11 is 0. The van der Waals surface area contributed by atoms with Crippen LogP contribution in [0.2, 0.25) is 0 Å². The van der Waals surface area contributed by atoms with Crippen LogP contribution in [0.15, 0.2) is 36.4 Å². The van der Waals surface area contributed by atoms with Gasteiger partial charge in [0.1, 0.15) is 6.54 Å². The summed E-state index contributed by atoms with van der Waals surface area (Å²) in [6.45, 7) is 6.98. The Balaban J connectivity index is 2.28. The standard InChI is InChI=1S/C21H26N2O5S/c1-6-28-21(25)17-8-7-9-18(16(17)4)22-20(24)13-23(29(5,26)27)19-11-10-14(2)12-15(19)3/h7-12H,6,13H2,1-5H3,(H,22,24). The number of amides is 1. The molecule has 0 aliphatic carbocycles. The molecule has 0 heterocycles. The number of sulfonamides is 1. The van der Waals surface area contributed by atoms with Crippen LogP contribution >= 0.6 is 0 Å². The molecule has 2 aromatic carbocycles. The van der Waals surface area contributed by atoms with E-state index < -0.39 is 21.9 Å². The molecular weight excluding hydrogens is 392 g/mol. The fourth-order valence-corrected chi connectivity index (χ4v) is 3.90. The summed E-state index contributed by atoms with van der Waals surface area (Å²) in [4.78, 5) is 24.7. The van der Waals surface area contributed by atoms with Crippen LogP contribution < -0.4 is 9.62 Å². The van der Waals surface area contributed by atoms with Crippen LogP contribution in [0, 0.1) is 20.8 Å². The van der Waals surface area contributed by atoms with Crippen LogP contribution in [0.1, 0.15) is 34.0 Å². The lowest BCUT2D eigenvalue weighted by atomic mass is 10.1. The summed E-state index contributed by atoms with van der Waals surface area (Å²) < 4.78 is 30.7. The molecule has 7 nitrogen and oxygen atoms in total. The van der Waals surface area contributed by atoms with Crippen LogP contribution in [-0.4, -0.2) is 39.7 Å². The molecule has 0 spiro atoms. The van der Waals surface area contributed by atoms with E-state index in [1.165, 1.54) is 0 Å². The van der Waals surface area contributed by atoms with E-state index in [4.69, 9.17) is 4.74 Å². The molecule has 0 unspecified atom stereocenters. The van der Waals surface area contributed by atoms with Crippen LogP contribution in [-0.2, 0) is 19.6 Å². The minimum atomic E-state index is -3.68. The Hall–Kier alpha value is -2.87. The van der Waals surface area contributed by atoms with E-state index >= 15 is 0 Å². The van der Waals surface area contributed by atoms with Gasteiger partial charge in [0.05, 0.1) is 24.1 Å². The lowest BCUT2D eigenvalue weighted by Gasteiger charge is -2.24. The van der Waals surface area contributed by atoms with Crippen LogP contribution in [0.5, 0.6) is 0 Å². The molecule has 0 saturated heterocycles. The molecule has 2 rings (SSSR count). The van der Waals surface area contributed by atoms with E-state index in [0.29, 0.717) is 22.5 Å². The molecule has 29 heavy (non-hydrogen) atoms. The van der Waals surface area contributed by atoms with Crippen LogP contribution in [0.3, 0.4) is 0 Å². The Morgan fingerprint density at radius 3 is 2.38 bits per heavy atom. The van der Waals surface area contributed by atoms with Gasteiger partial charge in [-0.2, -0.15) is 0 Å². The molecule has 0 bridgehead atoms. The monoisotopic (exact) mass is 418 g/mol. The SMILES string of the molecule is CCOC(=O)c1cccc(NC(=O)CN(c2ccc(C)cc2C)S(C)(=O)=O)c1C. The van der Waals surface area contributed by atoms with Crippen LogP contribution in [0.4, 0.5) is 11.4 Å². The average molecular weight is 419 g/mol. The third-order valence-electron chi connectivity index (χ3n) is 4.41. The van der Waals surface area contributed by atoms with Crippen molar-refractivity contribution >= 4 is 33.3 Å². The number of rotatable bonds is 7. The second-order valence-corrected chi connectivity index (χ2v) is 8.71. The smallest absolute Gasteiger partial charge is 0.338 e. The molecule has 0 radical (unpaired) electrons. The Bertz CT molecular complexity index is 1030. The fourth-order valence-electron chi connectivity index (χ4n) is 2.99. The molecule has 0 aliphatic rings. The first-order valence-corrected chi connectivity index (χ1v) is 11.0. The normalized spacial score (nSPS) is 11.1. The van der Waals surface area contributed by atoms with Crippen molar-refractivity contribution in [3.63, 3.8) is 0 Å². The first kappa shape index (κ1) is 22.4. The second kappa shape index (κ2) is 9.09. The Morgan fingerprint density at radius 1 is 1.10 bits per heavy atom. The molecule has 8 heteroatoms. The highest BCUT2D eigenvalue weighted by molar-refractivity contribution is 7.92. The Kier molecular flexibility index (Phi) is 7.02. The number of hydrogen-bond acceptors (Lipinski definition) is 5. The highest BCUT2D eigenvalue weighted by Gasteiger charge is 2.23. The van der Waals surface area contributed by atoms with Gasteiger partial charge < -0.3 is 10.1 Å². The van der Waals surface area contributed by atoms with Gasteiger partial charge in [-0.25, -0.2) is 13.2 Å². The number of carbonyl (C=O) groups is 2. The summed E-state index contributed by atoms with van der Waals surface area (Å²) in [5, 5.41) is 2.70. The van der Waals surface area contributed by atoms with E-state index in [1.54, 1.807) is 51.1 Å². The van der Waals surface area contributed by atoms with E-state index in [-0.39, 0.29) is 13.2 Å². The van der Waals surface area contributed by atoms with Crippen molar-refractivity contribution < 1.29 is 22.7 Å². The molecular formula is C21H26N2O5S. The van der Waals surface area contributed by atoms with Crippen molar-refractivity contribution in [2.24, 2.45) is 0 Å². The topological polar surface area (TPSA) is 92.8 Å². The zero-order chi connectivity index (χ0) is 21.8. The molecule has 0 aromatic heterocycles. The Morgan fingerprint density at radius 2 is 1.79 bits per heavy atom. The van der Waals surface area contributed by atoms with Gasteiger partial charge in [-0.3, -0.25) is 9.10 Å². The highest BCUT2D eigenvalue weighted by Crippen LogP contribution is 2.24. The number of aryl methyl sites for hydroxylation is 2. The van der Waals surface area contributed by atoms with Crippen molar-refractivity contribution in [2.45, 2.75) is 27.7 Å². The van der Waals surface area contributed by atoms with E-state index in [1.807, 2.05) is 13.0 Å². The third-order valence-corrected chi connectivity index (χ3v) is 5.54. The molecule has 0 aliphatic heterocycles. The molecule has 0 fully saturated rings. The molecule has 0 saturated carbocycles. The summed E-state index contributed by atoms with van der Waals surface area (Å²) in [6.07, 6.45) is 1.06. The van der Waals surface area contributed by atoms with Gasteiger partial charge in [-0.1, -0.05) is 23.8 Å². The van der Waals surface area contributed by atoms with Gasteiger partial charge in [0.25, 0.3) is 0 Å². The number of hydrogen-bond donors (Lipinski definition) is 1. The number of benzene rings is 2. The lowest BCUT2D eigenvalue weighted by Crippen LogP contribution is -2.38. The van der Waals surface area contributed by atoms with Crippen LogP contribution in [0.25, 0.3) is 0 Å². The van der Waals surface area contributed by atoms with E-state index in [0.717, 1.165) is 21.7 Å². The van der Waals surface area contributed by atoms with Gasteiger partial charge >= 0.3 is 5.97 Å². The number of nitrogens with zero attached hydrogens (tertiary/aromatic N) is 1. The minimum Gasteiger partial charge on any atom is -0.462 e. The summed E-state index contributed by atoms with van der Waals surface area (Å²) in [5.41, 5.74) is 3.52. The number of esters is 1. The van der Waals surface area contributed by atoms with Gasteiger partial charge in [-0.15, -0.1) is 0 Å². The van der Waals surface area contributed by atoms with Crippen molar-refractivity contribution in [3.05, 3.63) is 58.7 Å². The largest absolute Gasteiger partial charge is 0.462 e. The predicted octanol–water partition coefficient (Wildman–Crippen LogP) is 3.19. The molecule has 2 aromatic rings. The maximum absolute atomic E-state index is 12.6. The second-order valence-electron chi connectivity index (χ2n) is 6.81. The zero-order valence-electron chi connectivity index (χ0n) is 17.3. The van der Waals surface area contributed by atoms with Gasteiger partial charge in [0.15, 0.2) is 0 Å². The first-order chi connectivity index (χ1) is 13.5. The molecule has 0 atom stereocenters. The highest BCUT2D eigenvalue weighted by atomic mass is 32.2. The average Bonchev–Trinajstić information content (AvgIpc) is 2.61. The molecule has 156 valence electrons. The van der Waals surface area contributed by atoms with E-state index in [9.17, 15) is 18.0 Å². The van der Waals surface area contributed by atoms with Crippen molar-refractivity contribution in [1.29, 1.82) is 0 Å². The van der Waals surface area contributed by atoms with E-state index in [2.05, 4.69) is 5.32 Å². The summed E-state index contributed by atoms with van der Waals surface area (Å²) in [7, 11) is -3.68.